The lowest BCUT2D eigenvalue weighted by atomic mass is 10.1. The van der Waals surface area contributed by atoms with Crippen LogP contribution in [0.5, 0.6) is 5.75 Å². The van der Waals surface area contributed by atoms with Crippen LogP contribution in [-0.2, 0) is 9.53 Å². The molecule has 2 atom stereocenters. The minimum Gasteiger partial charge on any atom is -0.497 e. The van der Waals surface area contributed by atoms with Gasteiger partial charge in [0.15, 0.2) is 0 Å². The smallest absolute Gasteiger partial charge is 0.341 e. The number of hydrogen-bond donors (Lipinski definition) is 1. The SMILES string of the molecule is CCOC(=O)c1c(NC(=O)C2CC2c2ccc(OC)cc2)sc(C)c1C. The zero-order valence-electron chi connectivity index (χ0n) is 15.4. The number of amides is 1. The van der Waals surface area contributed by atoms with Crippen LogP contribution in [0.3, 0.4) is 0 Å². The molecule has 6 heteroatoms. The minimum atomic E-state index is -0.382. The van der Waals surface area contributed by atoms with E-state index in [2.05, 4.69) is 5.32 Å². The van der Waals surface area contributed by atoms with Crippen LogP contribution in [0, 0.1) is 19.8 Å². The van der Waals surface area contributed by atoms with Crippen molar-refractivity contribution in [1.29, 1.82) is 0 Å². The van der Waals surface area contributed by atoms with E-state index >= 15 is 0 Å². The van der Waals surface area contributed by atoms with Crippen LogP contribution >= 0.6 is 11.3 Å². The Labute approximate surface area is 157 Å². The van der Waals surface area contributed by atoms with Crippen molar-refractivity contribution in [3.8, 4) is 5.75 Å². The van der Waals surface area contributed by atoms with E-state index in [1.54, 1.807) is 14.0 Å². The maximum Gasteiger partial charge on any atom is 0.341 e. The van der Waals surface area contributed by atoms with Crippen molar-refractivity contribution in [2.75, 3.05) is 19.0 Å². The fourth-order valence-electron chi connectivity index (χ4n) is 3.07. The second-order valence-corrected chi connectivity index (χ2v) is 7.64. The highest BCUT2D eigenvalue weighted by Gasteiger charge is 2.44. The van der Waals surface area contributed by atoms with Gasteiger partial charge in [0.05, 0.1) is 19.3 Å². The Bertz CT molecular complexity index is 825. The number of carbonyl (C=O) groups excluding carboxylic acids is 2. The van der Waals surface area contributed by atoms with Crippen LogP contribution < -0.4 is 10.1 Å². The van der Waals surface area contributed by atoms with Crippen molar-refractivity contribution in [2.24, 2.45) is 5.92 Å². The number of anilines is 1. The molecule has 138 valence electrons. The summed E-state index contributed by atoms with van der Waals surface area (Å²) < 4.78 is 10.3. The minimum absolute atomic E-state index is 0.0439. The molecule has 1 aliphatic rings. The molecule has 1 N–H and O–H groups in total. The van der Waals surface area contributed by atoms with E-state index in [1.807, 2.05) is 38.1 Å². The molecule has 1 aromatic carbocycles. The van der Waals surface area contributed by atoms with Crippen LogP contribution in [-0.4, -0.2) is 25.6 Å². The van der Waals surface area contributed by atoms with E-state index in [0.717, 1.165) is 28.2 Å². The maximum absolute atomic E-state index is 12.7. The summed E-state index contributed by atoms with van der Waals surface area (Å²) in [6.07, 6.45) is 0.816. The Morgan fingerprint density at radius 1 is 1.23 bits per heavy atom. The van der Waals surface area contributed by atoms with E-state index in [-0.39, 0.29) is 23.7 Å². The van der Waals surface area contributed by atoms with Gasteiger partial charge in [-0.1, -0.05) is 12.1 Å². The molecule has 0 aliphatic heterocycles. The molecule has 2 aromatic rings. The lowest BCUT2D eigenvalue weighted by molar-refractivity contribution is -0.117. The normalized spacial score (nSPS) is 18.3. The Morgan fingerprint density at radius 2 is 1.92 bits per heavy atom. The van der Waals surface area contributed by atoms with Crippen LogP contribution in [0.1, 0.15) is 45.6 Å². The second-order valence-electron chi connectivity index (χ2n) is 6.42. The first kappa shape index (κ1) is 18.5. The number of carbonyl (C=O) groups is 2. The van der Waals surface area contributed by atoms with Gasteiger partial charge >= 0.3 is 5.97 Å². The summed E-state index contributed by atoms with van der Waals surface area (Å²) in [7, 11) is 1.63. The molecule has 1 heterocycles. The highest BCUT2D eigenvalue weighted by atomic mass is 32.1. The Morgan fingerprint density at radius 3 is 2.54 bits per heavy atom. The lowest BCUT2D eigenvalue weighted by Gasteiger charge is -2.07. The second kappa shape index (κ2) is 7.50. The van der Waals surface area contributed by atoms with Crippen molar-refractivity contribution in [2.45, 2.75) is 33.1 Å². The average Bonchev–Trinajstić information content (AvgIpc) is 3.37. The number of methoxy groups -OCH3 is 1. The molecule has 2 unspecified atom stereocenters. The summed E-state index contributed by atoms with van der Waals surface area (Å²) in [5.41, 5.74) is 2.48. The molecule has 1 fully saturated rings. The number of nitrogens with one attached hydrogen (secondary N) is 1. The summed E-state index contributed by atoms with van der Waals surface area (Å²) >= 11 is 1.42. The molecule has 1 amide bonds. The molecular weight excluding hydrogens is 350 g/mol. The quantitative estimate of drug-likeness (QED) is 0.767. The van der Waals surface area contributed by atoms with Crippen molar-refractivity contribution in [3.63, 3.8) is 0 Å². The molecule has 1 saturated carbocycles. The number of hydrogen-bond acceptors (Lipinski definition) is 5. The van der Waals surface area contributed by atoms with Crippen molar-refractivity contribution < 1.29 is 19.1 Å². The summed E-state index contributed by atoms with van der Waals surface area (Å²) in [5, 5.41) is 3.54. The van der Waals surface area contributed by atoms with Crippen LogP contribution in [0.4, 0.5) is 5.00 Å². The van der Waals surface area contributed by atoms with E-state index in [4.69, 9.17) is 9.47 Å². The Kier molecular flexibility index (Phi) is 5.32. The largest absolute Gasteiger partial charge is 0.497 e. The third-order valence-corrected chi connectivity index (χ3v) is 5.90. The number of thiophene rings is 1. The highest BCUT2D eigenvalue weighted by Crippen LogP contribution is 2.48. The zero-order valence-corrected chi connectivity index (χ0v) is 16.2. The maximum atomic E-state index is 12.7. The fraction of sp³-hybridized carbons (Fsp3) is 0.400. The van der Waals surface area contributed by atoms with Gasteiger partial charge in [0.1, 0.15) is 10.8 Å². The number of ether oxygens (including phenoxy) is 2. The van der Waals surface area contributed by atoms with E-state index in [0.29, 0.717) is 17.2 Å². The van der Waals surface area contributed by atoms with E-state index in [1.165, 1.54) is 11.3 Å². The van der Waals surface area contributed by atoms with Gasteiger partial charge in [0, 0.05) is 10.8 Å². The number of esters is 1. The molecule has 0 radical (unpaired) electrons. The summed E-state index contributed by atoms with van der Waals surface area (Å²) in [6, 6.07) is 7.82. The number of aryl methyl sites for hydroxylation is 1. The summed E-state index contributed by atoms with van der Waals surface area (Å²) in [4.78, 5) is 25.9. The molecule has 1 aliphatic carbocycles. The molecule has 0 spiro atoms. The first-order chi connectivity index (χ1) is 12.5. The van der Waals surface area contributed by atoms with Crippen LogP contribution in [0.15, 0.2) is 24.3 Å². The number of rotatable bonds is 6. The molecule has 0 bridgehead atoms. The third-order valence-electron chi connectivity index (χ3n) is 4.77. The van der Waals surface area contributed by atoms with E-state index in [9.17, 15) is 9.59 Å². The van der Waals surface area contributed by atoms with Gasteiger partial charge in [-0.15, -0.1) is 11.3 Å². The fourth-order valence-corrected chi connectivity index (χ4v) is 4.12. The van der Waals surface area contributed by atoms with Crippen molar-refractivity contribution in [3.05, 3.63) is 45.8 Å². The van der Waals surface area contributed by atoms with Gasteiger partial charge in [-0.3, -0.25) is 4.79 Å². The zero-order chi connectivity index (χ0) is 18.8. The molecular formula is C20H23NO4S. The van der Waals surface area contributed by atoms with Crippen LogP contribution in [0.2, 0.25) is 0 Å². The molecule has 5 nitrogen and oxygen atoms in total. The molecule has 1 aromatic heterocycles. The average molecular weight is 373 g/mol. The highest BCUT2D eigenvalue weighted by molar-refractivity contribution is 7.16. The van der Waals surface area contributed by atoms with E-state index < -0.39 is 0 Å². The molecule has 26 heavy (non-hydrogen) atoms. The lowest BCUT2D eigenvalue weighted by Crippen LogP contribution is -2.16. The first-order valence-corrected chi connectivity index (χ1v) is 9.49. The van der Waals surface area contributed by atoms with Crippen LogP contribution in [0.25, 0.3) is 0 Å². The summed E-state index contributed by atoms with van der Waals surface area (Å²) in [5.74, 6) is 0.527. The van der Waals surface area contributed by atoms with Gasteiger partial charge in [-0.05, 0) is 56.4 Å². The van der Waals surface area contributed by atoms with Gasteiger partial charge in [-0.2, -0.15) is 0 Å². The molecule has 3 rings (SSSR count). The Balaban J connectivity index is 1.71. The summed E-state index contributed by atoms with van der Waals surface area (Å²) in [6.45, 7) is 5.90. The third kappa shape index (κ3) is 3.60. The first-order valence-electron chi connectivity index (χ1n) is 8.68. The predicted octanol–water partition coefficient (Wildman–Crippen LogP) is 4.29. The van der Waals surface area contributed by atoms with Crippen molar-refractivity contribution in [1.82, 2.24) is 0 Å². The topological polar surface area (TPSA) is 64.6 Å². The van der Waals surface area contributed by atoms with Gasteiger partial charge in [0.25, 0.3) is 0 Å². The molecule has 0 saturated heterocycles. The van der Waals surface area contributed by atoms with Gasteiger partial charge in [0.2, 0.25) is 5.91 Å². The predicted molar refractivity (Wildman–Crippen MR) is 102 cm³/mol. The standard InChI is InChI=1S/C20H23NO4S/c1-5-25-20(23)17-11(2)12(3)26-19(17)21-18(22)16-10-15(16)13-6-8-14(24-4)9-7-13/h6-9,15-16H,5,10H2,1-4H3,(H,21,22). The monoisotopic (exact) mass is 373 g/mol. The van der Waals surface area contributed by atoms with Crippen molar-refractivity contribution >= 4 is 28.2 Å². The Hall–Kier alpha value is -2.34. The van der Waals surface area contributed by atoms with Gasteiger partial charge < -0.3 is 14.8 Å². The van der Waals surface area contributed by atoms with Gasteiger partial charge in [-0.25, -0.2) is 4.79 Å². The number of benzene rings is 1.